The monoisotopic (exact) mass is 128 g/mol. The highest BCUT2D eigenvalue weighted by Crippen LogP contribution is 2.05. The molecule has 0 unspecified atom stereocenters. The highest BCUT2D eigenvalue weighted by atomic mass is 16.5. The first-order valence-corrected chi connectivity index (χ1v) is 3.52. The quantitative estimate of drug-likeness (QED) is 0.436. The van der Waals surface area contributed by atoms with Gasteiger partial charge in [-0.1, -0.05) is 0 Å². The molecule has 2 fully saturated rings. The van der Waals surface area contributed by atoms with E-state index in [-0.39, 0.29) is 0 Å². The lowest BCUT2D eigenvalue weighted by Crippen LogP contribution is -2.56. The first kappa shape index (κ1) is 5.65. The van der Waals surface area contributed by atoms with Crippen LogP contribution in [0.1, 0.15) is 0 Å². The molecule has 9 heavy (non-hydrogen) atoms. The summed E-state index contributed by atoms with van der Waals surface area (Å²) in [6.45, 7) is 4.07. The summed E-state index contributed by atoms with van der Waals surface area (Å²) in [5.74, 6) is 0. The standard InChI is InChI=1S/C6H12N2O/c1-5-2-8-4-6(9-5)3-7-1/h5-8H,1-4H2. The molecule has 52 valence electrons. The Morgan fingerprint density at radius 3 is 1.67 bits per heavy atom. The summed E-state index contributed by atoms with van der Waals surface area (Å²) in [5, 5.41) is 6.64. The fraction of sp³-hybridized carbons (Fsp3) is 1.00. The third kappa shape index (κ3) is 1.08. The molecule has 0 amide bonds. The molecule has 0 saturated carbocycles. The van der Waals surface area contributed by atoms with E-state index in [4.69, 9.17) is 4.74 Å². The van der Waals surface area contributed by atoms with Crippen molar-refractivity contribution in [2.45, 2.75) is 12.2 Å². The Morgan fingerprint density at radius 1 is 0.889 bits per heavy atom. The molecule has 3 nitrogen and oxygen atoms in total. The van der Waals surface area contributed by atoms with E-state index < -0.39 is 0 Å². The Hall–Kier alpha value is -0.120. The summed E-state index contributed by atoms with van der Waals surface area (Å²) in [5.41, 5.74) is 0. The third-order valence-corrected chi connectivity index (χ3v) is 1.87. The van der Waals surface area contributed by atoms with Crippen molar-refractivity contribution in [1.29, 1.82) is 0 Å². The van der Waals surface area contributed by atoms with Crippen LogP contribution in [0.15, 0.2) is 0 Å². The lowest BCUT2D eigenvalue weighted by Gasteiger charge is -2.35. The number of fused-ring (bicyclic) bond motifs is 2. The lowest BCUT2D eigenvalue weighted by atomic mass is 10.2. The average Bonchev–Trinajstić information content (AvgIpc) is 1.88. The van der Waals surface area contributed by atoms with Gasteiger partial charge in [0, 0.05) is 26.2 Å². The Kier molecular flexibility index (Phi) is 1.41. The Balaban J connectivity index is 1.96. The van der Waals surface area contributed by atoms with E-state index in [1.165, 1.54) is 0 Å². The van der Waals surface area contributed by atoms with Crippen LogP contribution >= 0.6 is 0 Å². The highest BCUT2D eigenvalue weighted by molar-refractivity contribution is 4.81. The predicted octanol–water partition coefficient (Wildman–Crippen LogP) is -1.05. The van der Waals surface area contributed by atoms with E-state index in [9.17, 15) is 0 Å². The van der Waals surface area contributed by atoms with Crippen molar-refractivity contribution < 1.29 is 4.74 Å². The van der Waals surface area contributed by atoms with Crippen molar-refractivity contribution >= 4 is 0 Å². The van der Waals surface area contributed by atoms with Gasteiger partial charge in [-0.05, 0) is 0 Å². The zero-order valence-corrected chi connectivity index (χ0v) is 5.39. The van der Waals surface area contributed by atoms with E-state index in [2.05, 4.69) is 10.6 Å². The molecule has 0 aromatic rings. The molecule has 2 heterocycles. The van der Waals surface area contributed by atoms with Crippen LogP contribution in [0, 0.1) is 0 Å². The van der Waals surface area contributed by atoms with Gasteiger partial charge >= 0.3 is 0 Å². The van der Waals surface area contributed by atoms with Gasteiger partial charge in [-0.15, -0.1) is 0 Å². The molecule has 2 aliphatic rings. The van der Waals surface area contributed by atoms with Crippen molar-refractivity contribution in [2.75, 3.05) is 26.2 Å². The van der Waals surface area contributed by atoms with Crippen molar-refractivity contribution in [2.24, 2.45) is 0 Å². The van der Waals surface area contributed by atoms with Gasteiger partial charge in [0.05, 0.1) is 12.2 Å². The normalized spacial score (nSPS) is 42.7. The summed E-state index contributed by atoms with van der Waals surface area (Å²) < 4.78 is 5.60. The molecule has 0 aromatic carbocycles. The van der Waals surface area contributed by atoms with Gasteiger partial charge < -0.3 is 15.4 Å². The smallest absolute Gasteiger partial charge is 0.0828 e. The van der Waals surface area contributed by atoms with Crippen LogP contribution < -0.4 is 10.6 Å². The fourth-order valence-electron chi connectivity index (χ4n) is 1.42. The Morgan fingerprint density at radius 2 is 1.33 bits per heavy atom. The maximum absolute atomic E-state index is 5.60. The molecule has 0 aliphatic carbocycles. The van der Waals surface area contributed by atoms with Gasteiger partial charge in [0.15, 0.2) is 0 Å². The second-order valence-corrected chi connectivity index (χ2v) is 2.70. The zero-order chi connectivity index (χ0) is 6.10. The molecule has 0 aromatic heterocycles. The van der Waals surface area contributed by atoms with Crippen LogP contribution in [0.5, 0.6) is 0 Å². The molecule has 2 rings (SSSR count). The number of hydrogen-bond donors (Lipinski definition) is 2. The van der Waals surface area contributed by atoms with Crippen molar-refractivity contribution in [1.82, 2.24) is 10.6 Å². The van der Waals surface area contributed by atoms with E-state index in [0.717, 1.165) is 26.2 Å². The van der Waals surface area contributed by atoms with Crippen LogP contribution in [0.25, 0.3) is 0 Å². The van der Waals surface area contributed by atoms with Crippen molar-refractivity contribution in [3.05, 3.63) is 0 Å². The minimum Gasteiger partial charge on any atom is -0.370 e. The number of morpholine rings is 2. The summed E-state index contributed by atoms with van der Waals surface area (Å²) in [4.78, 5) is 0. The van der Waals surface area contributed by atoms with Gasteiger partial charge in [-0.25, -0.2) is 0 Å². The molecular formula is C6H12N2O. The molecule has 2 bridgehead atoms. The maximum Gasteiger partial charge on any atom is 0.0828 e. The highest BCUT2D eigenvalue weighted by Gasteiger charge is 2.25. The third-order valence-electron chi connectivity index (χ3n) is 1.87. The van der Waals surface area contributed by atoms with Crippen molar-refractivity contribution in [3.63, 3.8) is 0 Å². The molecular weight excluding hydrogens is 116 g/mol. The molecule has 0 radical (unpaired) electrons. The van der Waals surface area contributed by atoms with Gasteiger partial charge in [-0.3, -0.25) is 0 Å². The fourth-order valence-corrected chi connectivity index (χ4v) is 1.42. The van der Waals surface area contributed by atoms with Crippen LogP contribution in [0.2, 0.25) is 0 Å². The maximum atomic E-state index is 5.60. The number of hydrogen-bond acceptors (Lipinski definition) is 3. The van der Waals surface area contributed by atoms with Crippen molar-refractivity contribution in [3.8, 4) is 0 Å². The second-order valence-electron chi connectivity index (χ2n) is 2.70. The summed E-state index contributed by atoms with van der Waals surface area (Å²) in [7, 11) is 0. The number of ether oxygens (including phenoxy) is 1. The molecule has 2 saturated heterocycles. The molecule has 0 spiro atoms. The van der Waals surface area contributed by atoms with Crippen LogP contribution in [-0.4, -0.2) is 38.4 Å². The predicted molar refractivity (Wildman–Crippen MR) is 34.4 cm³/mol. The van der Waals surface area contributed by atoms with E-state index in [0.29, 0.717) is 12.2 Å². The molecule has 3 heteroatoms. The minimum atomic E-state index is 0.428. The SMILES string of the molecule is C1NCC2CNCC1O2. The van der Waals surface area contributed by atoms with E-state index >= 15 is 0 Å². The molecule has 2 aliphatic heterocycles. The lowest BCUT2D eigenvalue weighted by molar-refractivity contribution is -0.0585. The summed E-state index contributed by atoms with van der Waals surface area (Å²) in [6, 6.07) is 0. The van der Waals surface area contributed by atoms with E-state index in [1.807, 2.05) is 0 Å². The van der Waals surface area contributed by atoms with E-state index in [1.54, 1.807) is 0 Å². The number of nitrogens with one attached hydrogen (secondary N) is 2. The Bertz CT molecular complexity index is 87.2. The van der Waals surface area contributed by atoms with Gasteiger partial charge in [-0.2, -0.15) is 0 Å². The second kappa shape index (κ2) is 2.25. The van der Waals surface area contributed by atoms with Gasteiger partial charge in [0.1, 0.15) is 0 Å². The first-order valence-electron chi connectivity index (χ1n) is 3.52. The molecule has 0 atom stereocenters. The zero-order valence-electron chi connectivity index (χ0n) is 5.39. The number of rotatable bonds is 0. The molecule has 2 N–H and O–H groups in total. The van der Waals surface area contributed by atoms with Crippen LogP contribution in [-0.2, 0) is 4.74 Å². The van der Waals surface area contributed by atoms with Crippen LogP contribution in [0.3, 0.4) is 0 Å². The minimum absolute atomic E-state index is 0.428. The Labute approximate surface area is 54.8 Å². The first-order chi connectivity index (χ1) is 4.45. The van der Waals surface area contributed by atoms with Crippen LogP contribution in [0.4, 0.5) is 0 Å². The summed E-state index contributed by atoms with van der Waals surface area (Å²) in [6.07, 6.45) is 0.856. The average molecular weight is 128 g/mol. The van der Waals surface area contributed by atoms with Gasteiger partial charge in [0.25, 0.3) is 0 Å². The van der Waals surface area contributed by atoms with Gasteiger partial charge in [0.2, 0.25) is 0 Å². The summed E-state index contributed by atoms with van der Waals surface area (Å²) >= 11 is 0. The topological polar surface area (TPSA) is 33.3 Å². The largest absolute Gasteiger partial charge is 0.370 e.